The number of carbonyl (C=O) groups excluding carboxylic acids is 3. The third-order valence-corrected chi connectivity index (χ3v) is 4.60. The number of amides is 3. The molecule has 1 aromatic heterocycles. The van der Waals surface area contributed by atoms with E-state index in [1.54, 1.807) is 48.7 Å². The van der Waals surface area contributed by atoms with Crippen LogP contribution in [0.3, 0.4) is 0 Å². The molecule has 32 heavy (non-hydrogen) atoms. The SMILES string of the molecule is CCOc1ccccc1N(CC(=O)NCCC(C)C)C(=O)CCC(=O)Nc1ccccn1. The summed E-state index contributed by atoms with van der Waals surface area (Å²) in [6.45, 7) is 6.82. The summed E-state index contributed by atoms with van der Waals surface area (Å²) >= 11 is 0. The first-order valence-electron chi connectivity index (χ1n) is 10.9. The van der Waals surface area contributed by atoms with Crippen molar-refractivity contribution in [2.24, 2.45) is 5.92 Å². The Morgan fingerprint density at radius 2 is 1.78 bits per heavy atom. The zero-order chi connectivity index (χ0) is 23.3. The molecule has 0 unspecified atom stereocenters. The van der Waals surface area contributed by atoms with Gasteiger partial charge in [-0.05, 0) is 43.5 Å². The van der Waals surface area contributed by atoms with E-state index >= 15 is 0 Å². The molecule has 0 atom stereocenters. The molecule has 1 heterocycles. The molecule has 0 bridgehead atoms. The van der Waals surface area contributed by atoms with Crippen LogP contribution in [-0.4, -0.2) is 42.4 Å². The van der Waals surface area contributed by atoms with Gasteiger partial charge in [-0.2, -0.15) is 0 Å². The molecule has 8 heteroatoms. The summed E-state index contributed by atoms with van der Waals surface area (Å²) in [5.74, 6) is 0.473. The first-order valence-corrected chi connectivity index (χ1v) is 10.9. The van der Waals surface area contributed by atoms with Crippen molar-refractivity contribution in [2.45, 2.75) is 40.0 Å². The number of hydrogen-bond acceptors (Lipinski definition) is 5. The number of nitrogens with zero attached hydrogens (tertiary/aromatic N) is 2. The van der Waals surface area contributed by atoms with Gasteiger partial charge in [0.25, 0.3) is 0 Å². The van der Waals surface area contributed by atoms with E-state index in [1.165, 1.54) is 4.90 Å². The van der Waals surface area contributed by atoms with Crippen LogP contribution in [0, 0.1) is 5.92 Å². The number of benzene rings is 1. The first kappa shape index (κ1) is 24.8. The number of carbonyl (C=O) groups is 3. The summed E-state index contributed by atoms with van der Waals surface area (Å²) in [5.41, 5.74) is 0.503. The molecule has 0 saturated carbocycles. The molecule has 0 radical (unpaired) electrons. The van der Waals surface area contributed by atoms with Gasteiger partial charge in [0.05, 0.1) is 12.3 Å². The minimum Gasteiger partial charge on any atom is -0.492 e. The Morgan fingerprint density at radius 1 is 1.03 bits per heavy atom. The molecule has 2 N–H and O–H groups in total. The fraction of sp³-hybridized carbons (Fsp3) is 0.417. The summed E-state index contributed by atoms with van der Waals surface area (Å²) in [7, 11) is 0. The van der Waals surface area contributed by atoms with Crippen molar-refractivity contribution in [3.05, 3.63) is 48.7 Å². The lowest BCUT2D eigenvalue weighted by atomic mass is 10.1. The topological polar surface area (TPSA) is 101 Å². The zero-order valence-electron chi connectivity index (χ0n) is 19.0. The quantitative estimate of drug-likeness (QED) is 0.527. The maximum absolute atomic E-state index is 13.1. The average Bonchev–Trinajstić information content (AvgIpc) is 2.77. The molecule has 3 amide bonds. The van der Waals surface area contributed by atoms with Crippen molar-refractivity contribution >= 4 is 29.2 Å². The second kappa shape index (κ2) is 13.1. The number of hydrogen-bond donors (Lipinski definition) is 2. The van der Waals surface area contributed by atoms with Crippen LogP contribution in [0.15, 0.2) is 48.7 Å². The third kappa shape index (κ3) is 8.37. The van der Waals surface area contributed by atoms with Gasteiger partial charge in [0.2, 0.25) is 17.7 Å². The van der Waals surface area contributed by atoms with E-state index in [1.807, 2.05) is 6.92 Å². The molecule has 8 nitrogen and oxygen atoms in total. The van der Waals surface area contributed by atoms with Gasteiger partial charge in [0, 0.05) is 25.6 Å². The third-order valence-electron chi connectivity index (χ3n) is 4.60. The molecule has 0 aliphatic carbocycles. The van der Waals surface area contributed by atoms with Gasteiger partial charge in [-0.25, -0.2) is 4.98 Å². The summed E-state index contributed by atoms with van der Waals surface area (Å²) in [6.07, 6.45) is 2.34. The van der Waals surface area contributed by atoms with Gasteiger partial charge in [-0.3, -0.25) is 19.3 Å². The van der Waals surface area contributed by atoms with E-state index in [9.17, 15) is 14.4 Å². The number of aromatic nitrogens is 1. The van der Waals surface area contributed by atoms with Crippen molar-refractivity contribution in [3.8, 4) is 5.75 Å². The van der Waals surface area contributed by atoms with Gasteiger partial charge < -0.3 is 15.4 Å². The van der Waals surface area contributed by atoms with E-state index < -0.39 is 0 Å². The van der Waals surface area contributed by atoms with Gasteiger partial charge in [0.1, 0.15) is 18.1 Å². The summed E-state index contributed by atoms with van der Waals surface area (Å²) in [5, 5.41) is 5.52. The summed E-state index contributed by atoms with van der Waals surface area (Å²) in [4.78, 5) is 43.3. The molecule has 0 saturated heterocycles. The van der Waals surface area contributed by atoms with Gasteiger partial charge in [-0.1, -0.05) is 32.0 Å². The Labute approximate surface area is 189 Å². The van der Waals surface area contributed by atoms with Crippen LogP contribution >= 0.6 is 0 Å². The van der Waals surface area contributed by atoms with Crippen LogP contribution in [0.4, 0.5) is 11.5 Å². The maximum atomic E-state index is 13.1. The van der Waals surface area contributed by atoms with Crippen LogP contribution in [0.25, 0.3) is 0 Å². The molecule has 1 aromatic carbocycles. The highest BCUT2D eigenvalue weighted by Crippen LogP contribution is 2.28. The minimum absolute atomic E-state index is 0.0301. The largest absolute Gasteiger partial charge is 0.492 e. The molecule has 2 rings (SSSR count). The van der Waals surface area contributed by atoms with E-state index in [2.05, 4.69) is 29.5 Å². The monoisotopic (exact) mass is 440 g/mol. The van der Waals surface area contributed by atoms with E-state index in [-0.39, 0.29) is 37.1 Å². The minimum atomic E-state index is -0.340. The maximum Gasteiger partial charge on any atom is 0.240 e. The van der Waals surface area contributed by atoms with Crippen molar-refractivity contribution in [1.29, 1.82) is 0 Å². The fourth-order valence-electron chi connectivity index (χ4n) is 2.96. The van der Waals surface area contributed by atoms with E-state index in [0.29, 0.717) is 36.3 Å². The Kier molecular flexibility index (Phi) is 10.2. The van der Waals surface area contributed by atoms with Crippen LogP contribution in [0.1, 0.15) is 40.0 Å². The Morgan fingerprint density at radius 3 is 2.47 bits per heavy atom. The number of rotatable bonds is 12. The predicted octanol–water partition coefficient (Wildman–Crippen LogP) is 3.39. The molecule has 2 aromatic rings. The van der Waals surface area contributed by atoms with Crippen LogP contribution in [0.2, 0.25) is 0 Å². The Balaban J connectivity index is 2.08. The predicted molar refractivity (Wildman–Crippen MR) is 125 cm³/mol. The smallest absolute Gasteiger partial charge is 0.240 e. The molecule has 0 fully saturated rings. The highest BCUT2D eigenvalue weighted by molar-refractivity contribution is 6.02. The highest BCUT2D eigenvalue weighted by Gasteiger charge is 2.23. The van der Waals surface area contributed by atoms with E-state index in [0.717, 1.165) is 6.42 Å². The van der Waals surface area contributed by atoms with Gasteiger partial charge in [-0.15, -0.1) is 0 Å². The number of para-hydroxylation sites is 2. The number of anilines is 2. The van der Waals surface area contributed by atoms with E-state index in [4.69, 9.17) is 4.74 Å². The lowest BCUT2D eigenvalue weighted by molar-refractivity contribution is -0.125. The number of nitrogens with one attached hydrogen (secondary N) is 2. The number of ether oxygens (including phenoxy) is 1. The van der Waals surface area contributed by atoms with Crippen molar-refractivity contribution in [3.63, 3.8) is 0 Å². The first-order chi connectivity index (χ1) is 15.4. The van der Waals surface area contributed by atoms with Crippen LogP contribution < -0.4 is 20.3 Å². The molecule has 0 spiro atoms. The summed E-state index contributed by atoms with van der Waals surface area (Å²) in [6, 6.07) is 12.3. The molecular formula is C24H32N4O4. The van der Waals surface area contributed by atoms with Crippen molar-refractivity contribution < 1.29 is 19.1 Å². The fourth-order valence-corrected chi connectivity index (χ4v) is 2.96. The molecular weight excluding hydrogens is 408 g/mol. The lowest BCUT2D eigenvalue weighted by Crippen LogP contribution is -2.41. The molecule has 172 valence electrons. The van der Waals surface area contributed by atoms with Gasteiger partial charge in [0.15, 0.2) is 0 Å². The van der Waals surface area contributed by atoms with Crippen LogP contribution in [0.5, 0.6) is 5.75 Å². The highest BCUT2D eigenvalue weighted by atomic mass is 16.5. The molecule has 0 aliphatic heterocycles. The van der Waals surface area contributed by atoms with Gasteiger partial charge >= 0.3 is 0 Å². The lowest BCUT2D eigenvalue weighted by Gasteiger charge is -2.24. The zero-order valence-corrected chi connectivity index (χ0v) is 19.0. The average molecular weight is 441 g/mol. The van der Waals surface area contributed by atoms with Crippen molar-refractivity contribution in [1.82, 2.24) is 10.3 Å². The van der Waals surface area contributed by atoms with Crippen molar-refractivity contribution in [2.75, 3.05) is 29.9 Å². The normalized spacial score (nSPS) is 10.5. The van der Waals surface area contributed by atoms with Crippen LogP contribution in [-0.2, 0) is 14.4 Å². The number of pyridine rings is 1. The molecule has 0 aliphatic rings. The Hall–Kier alpha value is -3.42. The second-order valence-corrected chi connectivity index (χ2v) is 7.68. The summed E-state index contributed by atoms with van der Waals surface area (Å²) < 4.78 is 5.65. The standard InChI is InChI=1S/C24H32N4O4/c1-4-32-20-10-6-5-9-19(20)28(17-23(30)26-16-14-18(2)3)24(31)13-12-22(29)27-21-11-7-8-15-25-21/h5-11,15,18H,4,12-14,16-17H2,1-3H3,(H,26,30)(H,25,27,29). The second-order valence-electron chi connectivity index (χ2n) is 7.68. The Bertz CT molecular complexity index is 887.